The minimum atomic E-state index is -1.05. The highest BCUT2D eigenvalue weighted by molar-refractivity contribution is 9.10. The number of aromatic nitrogens is 1. The SMILES string of the molecule is Cc1cnc(Cl)cc1Oc1cc(Br)cc(F)c1F. The maximum absolute atomic E-state index is 13.5. The fourth-order valence-electron chi connectivity index (χ4n) is 1.32. The van der Waals surface area contributed by atoms with E-state index < -0.39 is 11.6 Å². The quantitative estimate of drug-likeness (QED) is 0.577. The maximum atomic E-state index is 13.5. The predicted molar refractivity (Wildman–Crippen MR) is 68.1 cm³/mol. The molecule has 2 aromatic rings. The van der Waals surface area contributed by atoms with Gasteiger partial charge in [0.05, 0.1) is 0 Å². The van der Waals surface area contributed by atoms with Crippen molar-refractivity contribution >= 4 is 27.5 Å². The number of nitrogens with zero attached hydrogens (tertiary/aromatic N) is 1. The van der Waals surface area contributed by atoms with Crippen LogP contribution >= 0.6 is 27.5 Å². The molecule has 1 heterocycles. The molecule has 0 unspecified atom stereocenters. The van der Waals surface area contributed by atoms with Crippen molar-refractivity contribution in [1.82, 2.24) is 4.98 Å². The van der Waals surface area contributed by atoms with Gasteiger partial charge in [0.2, 0.25) is 5.82 Å². The summed E-state index contributed by atoms with van der Waals surface area (Å²) < 4.78 is 32.4. The van der Waals surface area contributed by atoms with Crippen molar-refractivity contribution in [2.75, 3.05) is 0 Å². The first-order valence-corrected chi connectivity index (χ1v) is 6.09. The highest BCUT2D eigenvalue weighted by Crippen LogP contribution is 2.31. The van der Waals surface area contributed by atoms with Crippen LogP contribution in [0, 0.1) is 18.6 Å². The Bertz CT molecular complexity index is 607. The summed E-state index contributed by atoms with van der Waals surface area (Å²) in [6.07, 6.45) is 1.49. The van der Waals surface area contributed by atoms with Gasteiger partial charge in [-0.3, -0.25) is 0 Å². The zero-order valence-corrected chi connectivity index (χ0v) is 11.5. The molecule has 0 aliphatic heterocycles. The second-order valence-corrected chi connectivity index (χ2v) is 4.88. The topological polar surface area (TPSA) is 22.1 Å². The number of aryl methyl sites for hydroxylation is 1. The van der Waals surface area contributed by atoms with Gasteiger partial charge in [-0.25, -0.2) is 9.37 Å². The van der Waals surface area contributed by atoms with E-state index in [1.807, 2.05) is 0 Å². The summed E-state index contributed by atoms with van der Waals surface area (Å²) in [7, 11) is 0. The summed E-state index contributed by atoms with van der Waals surface area (Å²) in [4.78, 5) is 3.85. The largest absolute Gasteiger partial charge is 0.454 e. The fraction of sp³-hybridized carbons (Fsp3) is 0.0833. The third-order valence-electron chi connectivity index (χ3n) is 2.20. The summed E-state index contributed by atoms with van der Waals surface area (Å²) in [5, 5.41) is 0.214. The predicted octanol–water partition coefficient (Wildman–Crippen LogP) is 4.88. The highest BCUT2D eigenvalue weighted by atomic mass is 79.9. The summed E-state index contributed by atoms with van der Waals surface area (Å²) in [5.74, 6) is -1.93. The second-order valence-electron chi connectivity index (χ2n) is 3.57. The molecule has 0 aliphatic rings. The van der Waals surface area contributed by atoms with E-state index in [1.54, 1.807) is 6.92 Å². The van der Waals surface area contributed by atoms with Crippen LogP contribution in [0.15, 0.2) is 28.9 Å². The van der Waals surface area contributed by atoms with E-state index in [9.17, 15) is 8.78 Å². The Morgan fingerprint density at radius 2 is 1.94 bits per heavy atom. The van der Waals surface area contributed by atoms with Crippen molar-refractivity contribution in [1.29, 1.82) is 0 Å². The van der Waals surface area contributed by atoms with Crippen LogP contribution in [-0.2, 0) is 0 Å². The summed E-state index contributed by atoms with van der Waals surface area (Å²) in [6, 6.07) is 3.80. The number of pyridine rings is 1. The van der Waals surface area contributed by atoms with Crippen molar-refractivity contribution in [3.63, 3.8) is 0 Å². The van der Waals surface area contributed by atoms with Crippen molar-refractivity contribution in [3.8, 4) is 11.5 Å². The van der Waals surface area contributed by atoms with Crippen LogP contribution in [0.2, 0.25) is 5.15 Å². The third-order valence-corrected chi connectivity index (χ3v) is 2.86. The molecule has 18 heavy (non-hydrogen) atoms. The molecule has 0 radical (unpaired) electrons. The van der Waals surface area contributed by atoms with Gasteiger partial charge in [-0.1, -0.05) is 27.5 Å². The monoisotopic (exact) mass is 333 g/mol. The van der Waals surface area contributed by atoms with Gasteiger partial charge in [0.25, 0.3) is 0 Å². The van der Waals surface area contributed by atoms with E-state index in [4.69, 9.17) is 16.3 Å². The van der Waals surface area contributed by atoms with Crippen molar-refractivity contribution < 1.29 is 13.5 Å². The highest BCUT2D eigenvalue weighted by Gasteiger charge is 2.13. The molecule has 94 valence electrons. The van der Waals surface area contributed by atoms with E-state index in [0.29, 0.717) is 15.8 Å². The van der Waals surface area contributed by atoms with E-state index in [-0.39, 0.29) is 10.9 Å². The van der Waals surface area contributed by atoms with Crippen molar-refractivity contribution in [2.45, 2.75) is 6.92 Å². The first kappa shape index (κ1) is 13.2. The van der Waals surface area contributed by atoms with E-state index in [1.165, 1.54) is 18.3 Å². The second kappa shape index (κ2) is 5.20. The molecule has 0 amide bonds. The molecule has 0 saturated heterocycles. The number of rotatable bonds is 2. The van der Waals surface area contributed by atoms with Crippen LogP contribution in [0.1, 0.15) is 5.56 Å². The van der Waals surface area contributed by atoms with Gasteiger partial charge in [0, 0.05) is 22.3 Å². The molecule has 0 atom stereocenters. The Hall–Kier alpha value is -1.20. The lowest BCUT2D eigenvalue weighted by atomic mass is 10.3. The Morgan fingerprint density at radius 1 is 1.22 bits per heavy atom. The Morgan fingerprint density at radius 3 is 2.67 bits per heavy atom. The van der Waals surface area contributed by atoms with Crippen molar-refractivity contribution in [2.24, 2.45) is 0 Å². The van der Waals surface area contributed by atoms with Gasteiger partial charge in [-0.15, -0.1) is 0 Å². The number of benzene rings is 1. The average molecular weight is 335 g/mol. The van der Waals surface area contributed by atoms with E-state index in [0.717, 1.165) is 6.07 Å². The molecule has 0 N–H and O–H groups in total. The number of hydrogen-bond acceptors (Lipinski definition) is 2. The van der Waals surface area contributed by atoms with Gasteiger partial charge in [-0.2, -0.15) is 4.39 Å². The average Bonchev–Trinajstić information content (AvgIpc) is 2.30. The summed E-state index contributed by atoms with van der Waals surface area (Å²) in [5.41, 5.74) is 0.666. The molecule has 0 spiro atoms. The molecule has 0 fully saturated rings. The summed E-state index contributed by atoms with van der Waals surface area (Å²) in [6.45, 7) is 1.73. The Labute approximate surface area is 116 Å². The zero-order valence-electron chi connectivity index (χ0n) is 9.18. The minimum absolute atomic E-state index is 0.214. The lowest BCUT2D eigenvalue weighted by molar-refractivity contribution is 0.413. The molecule has 1 aromatic heterocycles. The third kappa shape index (κ3) is 2.79. The Balaban J connectivity index is 2.43. The number of halogens is 4. The van der Waals surface area contributed by atoms with Crippen LogP contribution in [-0.4, -0.2) is 4.98 Å². The van der Waals surface area contributed by atoms with Crippen LogP contribution in [0.3, 0.4) is 0 Å². The van der Waals surface area contributed by atoms with Gasteiger partial charge in [0.1, 0.15) is 10.9 Å². The molecule has 2 rings (SSSR count). The van der Waals surface area contributed by atoms with Gasteiger partial charge in [-0.05, 0) is 19.1 Å². The van der Waals surface area contributed by atoms with Gasteiger partial charge in [0.15, 0.2) is 11.6 Å². The molecule has 6 heteroatoms. The molecule has 2 nitrogen and oxygen atoms in total. The van der Waals surface area contributed by atoms with Crippen LogP contribution in [0.4, 0.5) is 8.78 Å². The molecule has 0 bridgehead atoms. The van der Waals surface area contributed by atoms with E-state index >= 15 is 0 Å². The molecule has 1 aromatic carbocycles. The standard InChI is InChI=1S/C12H7BrClF2NO/c1-6-5-17-11(14)4-9(6)18-10-3-7(13)2-8(15)12(10)16/h2-5H,1H3. The minimum Gasteiger partial charge on any atom is -0.454 e. The van der Waals surface area contributed by atoms with Crippen LogP contribution < -0.4 is 4.74 Å². The molecule has 0 saturated carbocycles. The Kier molecular flexibility index (Phi) is 3.82. The van der Waals surface area contributed by atoms with Gasteiger partial charge >= 0.3 is 0 Å². The smallest absolute Gasteiger partial charge is 0.201 e. The molecular weight excluding hydrogens is 327 g/mol. The lowest BCUT2D eigenvalue weighted by Gasteiger charge is -2.10. The first-order valence-electron chi connectivity index (χ1n) is 4.92. The molecule has 0 aliphatic carbocycles. The maximum Gasteiger partial charge on any atom is 0.201 e. The number of hydrogen-bond donors (Lipinski definition) is 0. The first-order chi connectivity index (χ1) is 8.47. The van der Waals surface area contributed by atoms with E-state index in [2.05, 4.69) is 20.9 Å². The van der Waals surface area contributed by atoms with Crippen LogP contribution in [0.25, 0.3) is 0 Å². The number of ether oxygens (including phenoxy) is 1. The zero-order chi connectivity index (χ0) is 13.3. The normalized spacial score (nSPS) is 10.5. The molecular formula is C12H7BrClF2NO. The summed E-state index contributed by atoms with van der Waals surface area (Å²) >= 11 is 8.79. The van der Waals surface area contributed by atoms with Crippen LogP contribution in [0.5, 0.6) is 11.5 Å². The van der Waals surface area contributed by atoms with Gasteiger partial charge < -0.3 is 4.74 Å². The fourth-order valence-corrected chi connectivity index (χ4v) is 1.87. The lowest BCUT2D eigenvalue weighted by Crippen LogP contribution is -1.94. The van der Waals surface area contributed by atoms with Crippen molar-refractivity contribution in [3.05, 3.63) is 51.2 Å².